The van der Waals surface area contributed by atoms with Crippen LogP contribution < -0.4 is 10.2 Å². The molecule has 3 nitrogen and oxygen atoms in total. The molecular weight excluding hydrogens is 248 g/mol. The monoisotopic (exact) mass is 267 g/mol. The van der Waals surface area contributed by atoms with Crippen molar-refractivity contribution in [3.63, 3.8) is 0 Å². The minimum absolute atomic E-state index is 0.0934. The minimum Gasteiger partial charge on any atom is -0.350 e. The third kappa shape index (κ3) is 4.31. The Morgan fingerprint density at radius 2 is 1.89 bits per heavy atom. The molecule has 1 fully saturated rings. The van der Waals surface area contributed by atoms with Crippen LogP contribution in [-0.4, -0.2) is 32.1 Å². The van der Waals surface area contributed by atoms with Gasteiger partial charge in [-0.3, -0.25) is 4.79 Å². The van der Waals surface area contributed by atoms with Crippen molar-refractivity contribution in [3.8, 4) is 0 Å². The second-order valence-corrected chi connectivity index (χ2v) is 5.30. The van der Waals surface area contributed by atoms with Gasteiger partial charge in [0.15, 0.2) is 0 Å². The molecule has 1 aromatic carbocycles. The normalized spacial score (nSPS) is 15.8. The molecule has 0 aliphatic carbocycles. The Balaban J connectivity index is 1.66. The first-order chi connectivity index (χ1) is 8.74. The molecular formula is C14H20ClN2O+. The van der Waals surface area contributed by atoms with Crippen LogP contribution in [0.1, 0.15) is 18.4 Å². The number of nitrogens with one attached hydrogen (secondary N) is 2. The van der Waals surface area contributed by atoms with E-state index in [9.17, 15) is 4.79 Å². The number of amides is 1. The average molecular weight is 268 g/mol. The smallest absolute Gasteiger partial charge is 0.224 e. The summed E-state index contributed by atoms with van der Waals surface area (Å²) < 4.78 is 0. The van der Waals surface area contributed by atoms with Crippen molar-refractivity contribution in [1.82, 2.24) is 5.32 Å². The fourth-order valence-electron chi connectivity index (χ4n) is 2.35. The van der Waals surface area contributed by atoms with Crippen LogP contribution in [0.5, 0.6) is 0 Å². The van der Waals surface area contributed by atoms with E-state index in [0.29, 0.717) is 11.4 Å². The van der Waals surface area contributed by atoms with E-state index in [-0.39, 0.29) is 5.91 Å². The maximum Gasteiger partial charge on any atom is 0.224 e. The van der Waals surface area contributed by atoms with Gasteiger partial charge in [-0.15, -0.1) is 0 Å². The molecule has 0 aromatic heterocycles. The van der Waals surface area contributed by atoms with Crippen molar-refractivity contribution in [1.29, 1.82) is 0 Å². The topological polar surface area (TPSA) is 33.5 Å². The fourth-order valence-corrected chi connectivity index (χ4v) is 2.48. The van der Waals surface area contributed by atoms with Crippen molar-refractivity contribution in [2.24, 2.45) is 0 Å². The number of rotatable bonds is 5. The Bertz CT molecular complexity index is 385. The Kier molecular flexibility index (Phi) is 5.02. The van der Waals surface area contributed by atoms with Crippen molar-refractivity contribution >= 4 is 17.5 Å². The number of quaternary nitrogens is 1. The van der Waals surface area contributed by atoms with Gasteiger partial charge in [-0.25, -0.2) is 0 Å². The highest BCUT2D eigenvalue weighted by Gasteiger charge is 2.14. The molecule has 0 radical (unpaired) electrons. The summed E-state index contributed by atoms with van der Waals surface area (Å²) in [6, 6.07) is 7.43. The SMILES string of the molecule is O=C(Cc1ccc(Cl)cc1)NCC[NH+]1CCCC1. The van der Waals surface area contributed by atoms with Gasteiger partial charge in [0.25, 0.3) is 0 Å². The summed E-state index contributed by atoms with van der Waals surface area (Å²) in [4.78, 5) is 13.3. The third-order valence-electron chi connectivity index (χ3n) is 3.39. The molecule has 1 amide bonds. The number of carbonyl (C=O) groups is 1. The number of likely N-dealkylation sites (tertiary alicyclic amines) is 1. The molecule has 0 bridgehead atoms. The predicted octanol–water partition coefficient (Wildman–Crippen LogP) is 0.677. The maximum absolute atomic E-state index is 11.7. The van der Waals surface area contributed by atoms with Gasteiger partial charge in [0.2, 0.25) is 5.91 Å². The molecule has 0 spiro atoms. The summed E-state index contributed by atoms with van der Waals surface area (Å²) in [7, 11) is 0. The van der Waals surface area contributed by atoms with Crippen molar-refractivity contribution in [2.75, 3.05) is 26.2 Å². The van der Waals surface area contributed by atoms with Crippen molar-refractivity contribution in [2.45, 2.75) is 19.3 Å². The van der Waals surface area contributed by atoms with Crippen LogP contribution in [0.3, 0.4) is 0 Å². The molecule has 4 heteroatoms. The Hall–Kier alpha value is -1.06. The summed E-state index contributed by atoms with van der Waals surface area (Å²) in [6.07, 6.45) is 3.09. The first-order valence-corrected chi connectivity index (χ1v) is 6.96. The molecule has 0 unspecified atom stereocenters. The van der Waals surface area contributed by atoms with Crippen LogP contribution >= 0.6 is 11.6 Å². The highest BCUT2D eigenvalue weighted by molar-refractivity contribution is 6.30. The van der Waals surface area contributed by atoms with Gasteiger partial charge in [-0.2, -0.15) is 0 Å². The fraction of sp³-hybridized carbons (Fsp3) is 0.500. The van der Waals surface area contributed by atoms with Crippen LogP contribution in [0, 0.1) is 0 Å². The molecule has 2 rings (SSSR count). The summed E-state index contributed by atoms with van der Waals surface area (Å²) in [5, 5.41) is 3.69. The van der Waals surface area contributed by atoms with Gasteiger partial charge >= 0.3 is 0 Å². The highest BCUT2D eigenvalue weighted by Crippen LogP contribution is 2.09. The lowest BCUT2D eigenvalue weighted by Crippen LogP contribution is -3.10. The Labute approximate surface area is 113 Å². The van der Waals surface area contributed by atoms with E-state index >= 15 is 0 Å². The van der Waals surface area contributed by atoms with Crippen LogP contribution in [0.25, 0.3) is 0 Å². The van der Waals surface area contributed by atoms with E-state index in [0.717, 1.165) is 18.7 Å². The van der Waals surface area contributed by atoms with Gasteiger partial charge in [0, 0.05) is 17.9 Å². The quantitative estimate of drug-likeness (QED) is 0.808. The summed E-state index contributed by atoms with van der Waals surface area (Å²) in [5.41, 5.74) is 1.01. The molecule has 0 saturated carbocycles. The zero-order chi connectivity index (χ0) is 12.8. The maximum atomic E-state index is 11.7. The molecule has 1 heterocycles. The van der Waals surface area contributed by atoms with Gasteiger partial charge in [-0.05, 0) is 17.7 Å². The van der Waals surface area contributed by atoms with E-state index in [2.05, 4.69) is 5.32 Å². The molecule has 1 saturated heterocycles. The molecule has 18 heavy (non-hydrogen) atoms. The summed E-state index contributed by atoms with van der Waals surface area (Å²) in [5.74, 6) is 0.0934. The van der Waals surface area contributed by atoms with E-state index in [1.165, 1.54) is 25.9 Å². The molecule has 2 N–H and O–H groups in total. The summed E-state index contributed by atoms with van der Waals surface area (Å²) >= 11 is 5.80. The number of benzene rings is 1. The molecule has 0 atom stereocenters. The molecule has 98 valence electrons. The van der Waals surface area contributed by atoms with Gasteiger partial charge in [0.05, 0.1) is 32.6 Å². The minimum atomic E-state index is 0.0934. The first kappa shape index (κ1) is 13.4. The number of hydrogen-bond acceptors (Lipinski definition) is 1. The second-order valence-electron chi connectivity index (χ2n) is 4.86. The number of hydrogen-bond donors (Lipinski definition) is 2. The molecule has 1 aliphatic rings. The second kappa shape index (κ2) is 6.76. The number of carbonyl (C=O) groups excluding carboxylic acids is 1. The van der Waals surface area contributed by atoms with Gasteiger partial charge < -0.3 is 10.2 Å². The Morgan fingerprint density at radius 3 is 2.56 bits per heavy atom. The van der Waals surface area contributed by atoms with E-state index in [1.807, 2.05) is 24.3 Å². The highest BCUT2D eigenvalue weighted by atomic mass is 35.5. The molecule has 1 aromatic rings. The van der Waals surface area contributed by atoms with Gasteiger partial charge in [0.1, 0.15) is 0 Å². The lowest BCUT2D eigenvalue weighted by molar-refractivity contribution is -0.886. The first-order valence-electron chi connectivity index (χ1n) is 6.59. The van der Waals surface area contributed by atoms with E-state index < -0.39 is 0 Å². The standard InChI is InChI=1S/C14H19ClN2O/c15-13-5-3-12(4-6-13)11-14(18)16-7-10-17-8-1-2-9-17/h3-6H,1-2,7-11H2,(H,16,18)/p+1. The Morgan fingerprint density at radius 1 is 1.22 bits per heavy atom. The predicted molar refractivity (Wildman–Crippen MR) is 73.0 cm³/mol. The lowest BCUT2D eigenvalue weighted by atomic mass is 10.1. The van der Waals surface area contributed by atoms with Crippen LogP contribution in [0.15, 0.2) is 24.3 Å². The zero-order valence-electron chi connectivity index (χ0n) is 10.5. The number of halogens is 1. The molecule has 1 aliphatic heterocycles. The lowest BCUT2D eigenvalue weighted by Gasteiger charge is -2.12. The van der Waals surface area contributed by atoms with E-state index in [1.54, 1.807) is 4.90 Å². The van der Waals surface area contributed by atoms with Crippen molar-refractivity contribution < 1.29 is 9.69 Å². The van der Waals surface area contributed by atoms with Gasteiger partial charge in [-0.1, -0.05) is 23.7 Å². The zero-order valence-corrected chi connectivity index (χ0v) is 11.3. The van der Waals surface area contributed by atoms with Crippen LogP contribution in [0.4, 0.5) is 0 Å². The van der Waals surface area contributed by atoms with Crippen LogP contribution in [-0.2, 0) is 11.2 Å². The van der Waals surface area contributed by atoms with E-state index in [4.69, 9.17) is 11.6 Å². The largest absolute Gasteiger partial charge is 0.350 e. The van der Waals surface area contributed by atoms with Crippen molar-refractivity contribution in [3.05, 3.63) is 34.9 Å². The summed E-state index contributed by atoms with van der Waals surface area (Å²) in [6.45, 7) is 4.34. The average Bonchev–Trinajstić information content (AvgIpc) is 2.85. The van der Waals surface area contributed by atoms with Crippen LogP contribution in [0.2, 0.25) is 5.02 Å². The third-order valence-corrected chi connectivity index (χ3v) is 3.64.